The maximum Gasteiger partial charge on any atom is 0.272 e. The molecule has 0 saturated carbocycles. The number of carbonyl (C=O) groups is 1. The third-order valence-corrected chi connectivity index (χ3v) is 5.13. The SMILES string of the molecule is CCc1nc(C(=O)NC2CN3CCC2CC3)c2ccccn12. The lowest BCUT2D eigenvalue weighted by Crippen LogP contribution is -2.57. The van der Waals surface area contributed by atoms with E-state index in [-0.39, 0.29) is 11.9 Å². The lowest BCUT2D eigenvalue weighted by Gasteiger charge is -2.44. The third kappa shape index (κ3) is 2.20. The van der Waals surface area contributed by atoms with Gasteiger partial charge < -0.3 is 14.6 Å². The van der Waals surface area contributed by atoms with Gasteiger partial charge in [-0.15, -0.1) is 0 Å². The number of nitrogens with zero attached hydrogens (tertiary/aromatic N) is 3. The highest BCUT2D eigenvalue weighted by atomic mass is 16.2. The molecule has 116 valence electrons. The molecule has 1 N–H and O–H groups in total. The monoisotopic (exact) mass is 298 g/mol. The summed E-state index contributed by atoms with van der Waals surface area (Å²) < 4.78 is 2.02. The zero-order valence-electron chi connectivity index (χ0n) is 13.0. The van der Waals surface area contributed by atoms with Crippen molar-refractivity contribution in [2.75, 3.05) is 19.6 Å². The van der Waals surface area contributed by atoms with Crippen LogP contribution in [0.1, 0.15) is 36.1 Å². The van der Waals surface area contributed by atoms with Gasteiger partial charge in [-0.05, 0) is 44.0 Å². The highest BCUT2D eigenvalue weighted by molar-refractivity contribution is 5.99. The fourth-order valence-electron chi connectivity index (χ4n) is 3.88. The van der Waals surface area contributed by atoms with Gasteiger partial charge in [0.2, 0.25) is 0 Å². The van der Waals surface area contributed by atoms with Crippen molar-refractivity contribution in [1.29, 1.82) is 0 Å². The molecule has 5 nitrogen and oxygen atoms in total. The minimum atomic E-state index is -0.0258. The first-order valence-electron chi connectivity index (χ1n) is 8.25. The molecule has 0 radical (unpaired) electrons. The molecule has 22 heavy (non-hydrogen) atoms. The molecule has 0 spiro atoms. The molecule has 3 fully saturated rings. The number of amides is 1. The predicted octanol–water partition coefficient (Wildman–Crippen LogP) is 1.72. The number of piperidine rings is 3. The molecular formula is C17H22N4O. The van der Waals surface area contributed by atoms with Crippen LogP contribution in [0.2, 0.25) is 0 Å². The molecule has 0 aliphatic carbocycles. The Hall–Kier alpha value is -1.88. The van der Waals surface area contributed by atoms with Crippen LogP contribution in [0.4, 0.5) is 0 Å². The van der Waals surface area contributed by atoms with E-state index in [0.717, 1.165) is 24.3 Å². The number of fused-ring (bicyclic) bond motifs is 4. The molecule has 2 aromatic rings. The van der Waals surface area contributed by atoms with Gasteiger partial charge in [0.15, 0.2) is 5.69 Å². The lowest BCUT2D eigenvalue weighted by molar-refractivity contribution is 0.0619. The number of imidazole rings is 1. The Morgan fingerprint density at radius 3 is 2.86 bits per heavy atom. The smallest absolute Gasteiger partial charge is 0.272 e. The molecule has 2 bridgehead atoms. The summed E-state index contributed by atoms with van der Waals surface area (Å²) >= 11 is 0. The number of aryl methyl sites for hydroxylation is 1. The van der Waals surface area contributed by atoms with E-state index in [2.05, 4.69) is 22.1 Å². The molecule has 1 amide bonds. The summed E-state index contributed by atoms with van der Waals surface area (Å²) in [6, 6.07) is 6.18. The van der Waals surface area contributed by atoms with Crippen LogP contribution >= 0.6 is 0 Å². The van der Waals surface area contributed by atoms with E-state index in [0.29, 0.717) is 11.6 Å². The van der Waals surface area contributed by atoms with Crippen LogP contribution in [0, 0.1) is 5.92 Å². The summed E-state index contributed by atoms with van der Waals surface area (Å²) in [5, 5.41) is 3.24. The molecule has 3 saturated heterocycles. The normalized spacial score (nSPS) is 27.2. The highest BCUT2D eigenvalue weighted by Gasteiger charge is 2.35. The zero-order chi connectivity index (χ0) is 15.1. The maximum atomic E-state index is 12.7. The van der Waals surface area contributed by atoms with Gasteiger partial charge in [-0.1, -0.05) is 13.0 Å². The molecule has 3 aliphatic heterocycles. The van der Waals surface area contributed by atoms with E-state index in [4.69, 9.17) is 0 Å². The predicted molar refractivity (Wildman–Crippen MR) is 85.0 cm³/mol. The quantitative estimate of drug-likeness (QED) is 0.938. The van der Waals surface area contributed by atoms with Gasteiger partial charge in [0.1, 0.15) is 5.82 Å². The Bertz CT molecular complexity index is 700. The van der Waals surface area contributed by atoms with E-state index >= 15 is 0 Å². The summed E-state index contributed by atoms with van der Waals surface area (Å²) in [6.45, 7) is 5.43. The molecule has 2 aromatic heterocycles. The van der Waals surface area contributed by atoms with Crippen LogP contribution in [-0.4, -0.2) is 45.9 Å². The van der Waals surface area contributed by atoms with Gasteiger partial charge in [0.25, 0.3) is 5.91 Å². The molecule has 3 aliphatic rings. The number of hydrogen-bond acceptors (Lipinski definition) is 3. The zero-order valence-corrected chi connectivity index (χ0v) is 13.0. The van der Waals surface area contributed by atoms with Crippen LogP contribution in [0.3, 0.4) is 0 Å². The van der Waals surface area contributed by atoms with E-state index in [1.807, 2.05) is 28.8 Å². The van der Waals surface area contributed by atoms with Crippen LogP contribution in [0.15, 0.2) is 24.4 Å². The number of hydrogen-bond donors (Lipinski definition) is 1. The minimum absolute atomic E-state index is 0.0258. The Balaban J connectivity index is 1.60. The van der Waals surface area contributed by atoms with Crippen molar-refractivity contribution in [2.45, 2.75) is 32.2 Å². The van der Waals surface area contributed by atoms with Crippen LogP contribution in [0.5, 0.6) is 0 Å². The summed E-state index contributed by atoms with van der Waals surface area (Å²) in [7, 11) is 0. The Morgan fingerprint density at radius 2 is 2.18 bits per heavy atom. The first-order chi connectivity index (χ1) is 10.8. The fraction of sp³-hybridized carbons (Fsp3) is 0.529. The second-order valence-corrected chi connectivity index (χ2v) is 6.40. The fourth-order valence-corrected chi connectivity index (χ4v) is 3.88. The highest BCUT2D eigenvalue weighted by Crippen LogP contribution is 2.27. The van der Waals surface area contributed by atoms with Crippen LogP contribution < -0.4 is 5.32 Å². The van der Waals surface area contributed by atoms with E-state index < -0.39 is 0 Å². The van der Waals surface area contributed by atoms with Crippen molar-refractivity contribution >= 4 is 11.4 Å². The van der Waals surface area contributed by atoms with Gasteiger partial charge >= 0.3 is 0 Å². The number of aromatic nitrogens is 2. The number of carbonyl (C=O) groups excluding carboxylic acids is 1. The van der Waals surface area contributed by atoms with Crippen LogP contribution in [-0.2, 0) is 6.42 Å². The Labute approximate surface area is 130 Å². The van der Waals surface area contributed by atoms with Crippen molar-refractivity contribution in [3.05, 3.63) is 35.9 Å². The molecule has 5 rings (SSSR count). The van der Waals surface area contributed by atoms with Gasteiger partial charge in [0, 0.05) is 25.2 Å². The molecule has 1 atom stereocenters. The second kappa shape index (κ2) is 5.39. The summed E-state index contributed by atoms with van der Waals surface area (Å²) in [5.41, 5.74) is 1.46. The minimum Gasteiger partial charge on any atom is -0.346 e. The van der Waals surface area contributed by atoms with Crippen LogP contribution in [0.25, 0.3) is 5.52 Å². The average molecular weight is 298 g/mol. The average Bonchev–Trinajstić information content (AvgIpc) is 2.95. The summed E-state index contributed by atoms with van der Waals surface area (Å²) in [5.74, 6) is 1.55. The largest absolute Gasteiger partial charge is 0.346 e. The van der Waals surface area contributed by atoms with Gasteiger partial charge in [-0.25, -0.2) is 4.98 Å². The second-order valence-electron chi connectivity index (χ2n) is 6.40. The number of nitrogens with one attached hydrogen (secondary N) is 1. The lowest BCUT2D eigenvalue weighted by atomic mass is 9.84. The molecule has 5 heteroatoms. The van der Waals surface area contributed by atoms with E-state index in [9.17, 15) is 4.79 Å². The van der Waals surface area contributed by atoms with Crippen molar-refractivity contribution < 1.29 is 4.79 Å². The first-order valence-corrected chi connectivity index (χ1v) is 8.25. The van der Waals surface area contributed by atoms with Gasteiger partial charge in [-0.2, -0.15) is 0 Å². The first kappa shape index (κ1) is 13.8. The topological polar surface area (TPSA) is 49.6 Å². The van der Waals surface area contributed by atoms with Crippen molar-refractivity contribution in [2.24, 2.45) is 5.92 Å². The van der Waals surface area contributed by atoms with Crippen molar-refractivity contribution in [3.63, 3.8) is 0 Å². The van der Waals surface area contributed by atoms with Crippen molar-refractivity contribution in [1.82, 2.24) is 19.6 Å². The molecule has 1 unspecified atom stereocenters. The Kier molecular flexibility index (Phi) is 3.37. The maximum absolute atomic E-state index is 12.7. The van der Waals surface area contributed by atoms with Crippen molar-refractivity contribution in [3.8, 4) is 0 Å². The van der Waals surface area contributed by atoms with E-state index in [1.165, 1.54) is 25.9 Å². The number of rotatable bonds is 3. The Morgan fingerprint density at radius 1 is 1.36 bits per heavy atom. The summed E-state index contributed by atoms with van der Waals surface area (Å²) in [6.07, 6.45) is 5.20. The summed E-state index contributed by atoms with van der Waals surface area (Å²) in [4.78, 5) is 19.8. The standard InChI is InChI=1S/C17H22N4O/c1-2-15-19-16(14-5-3-4-8-21(14)15)17(22)18-13-11-20-9-6-12(13)7-10-20/h3-5,8,12-13H,2,6-7,9-11H2,1H3,(H,18,22). The van der Waals surface area contributed by atoms with E-state index in [1.54, 1.807) is 0 Å². The molecule has 0 aromatic carbocycles. The third-order valence-electron chi connectivity index (χ3n) is 5.13. The molecule has 5 heterocycles. The van der Waals surface area contributed by atoms with Gasteiger partial charge in [-0.3, -0.25) is 4.79 Å². The van der Waals surface area contributed by atoms with Gasteiger partial charge in [0.05, 0.1) is 5.52 Å². The number of pyridine rings is 1. The molecular weight excluding hydrogens is 276 g/mol.